The van der Waals surface area contributed by atoms with Crippen LogP contribution in [0.5, 0.6) is 0 Å². The van der Waals surface area contributed by atoms with E-state index in [9.17, 15) is 33.1 Å². The summed E-state index contributed by atoms with van der Waals surface area (Å²) in [6.45, 7) is 1.50. The number of carbonyl (C=O) groups is 4. The largest absolute Gasteiger partial charge is 0.481 e. The second-order valence-electron chi connectivity index (χ2n) is 11.2. The van der Waals surface area contributed by atoms with E-state index >= 15 is 0 Å². The zero-order valence-electron chi connectivity index (χ0n) is 25.1. The molecule has 2 fully saturated rings. The molecule has 2 heterocycles. The first kappa shape index (κ1) is 34.0. The average molecular weight is 642 g/mol. The van der Waals surface area contributed by atoms with Crippen molar-refractivity contribution >= 4 is 23.9 Å². The van der Waals surface area contributed by atoms with Crippen LogP contribution in [-0.2, 0) is 16.0 Å². The maximum Gasteiger partial charge on any atom is 0.404 e. The number of benzene rings is 2. The number of imidazole rings is 1. The summed E-state index contributed by atoms with van der Waals surface area (Å²) in [6.07, 6.45) is 3.60. The molecule has 0 bridgehead atoms. The van der Waals surface area contributed by atoms with Crippen molar-refractivity contribution in [3.05, 3.63) is 77.8 Å². The van der Waals surface area contributed by atoms with Gasteiger partial charge in [0, 0.05) is 37.3 Å². The molecule has 3 atom stereocenters. The number of hydrogen-bond donors (Lipinski definition) is 5. The van der Waals surface area contributed by atoms with Crippen LogP contribution in [0.4, 0.5) is 13.6 Å². The molecule has 46 heavy (non-hydrogen) atoms. The third kappa shape index (κ3) is 9.10. The average Bonchev–Trinajstić information content (AvgIpc) is 3.45. The summed E-state index contributed by atoms with van der Waals surface area (Å²) >= 11 is 0. The molecule has 0 spiro atoms. The number of aromatic nitrogens is 2. The molecule has 1 aliphatic heterocycles. The Morgan fingerprint density at radius 1 is 0.935 bits per heavy atom. The van der Waals surface area contributed by atoms with E-state index in [2.05, 4.69) is 15.6 Å². The van der Waals surface area contributed by atoms with Crippen molar-refractivity contribution in [1.82, 2.24) is 25.1 Å². The first-order chi connectivity index (χ1) is 22.0. The van der Waals surface area contributed by atoms with Crippen molar-refractivity contribution < 1.29 is 43.3 Å². The van der Waals surface area contributed by atoms with Crippen molar-refractivity contribution in [2.75, 3.05) is 19.6 Å². The normalized spacial score (nSPS) is 19.4. The summed E-state index contributed by atoms with van der Waals surface area (Å²) in [5, 5.41) is 31.1. The van der Waals surface area contributed by atoms with Gasteiger partial charge in [-0.15, -0.1) is 0 Å². The van der Waals surface area contributed by atoms with Gasteiger partial charge < -0.3 is 35.4 Å². The lowest BCUT2D eigenvalue weighted by molar-refractivity contribution is -0.143. The minimum atomic E-state index is -1.08. The van der Waals surface area contributed by atoms with Gasteiger partial charge in [0.05, 0.1) is 36.9 Å². The van der Waals surface area contributed by atoms with E-state index in [4.69, 9.17) is 10.2 Å². The molecule has 1 saturated carbocycles. The van der Waals surface area contributed by atoms with Gasteiger partial charge in [0.2, 0.25) is 0 Å². The maximum absolute atomic E-state index is 14.0. The summed E-state index contributed by atoms with van der Waals surface area (Å²) in [6, 6.07) is 12.1. The Kier molecular flexibility index (Phi) is 11.8. The molecule has 0 radical (unpaired) electrons. The molecule has 3 aromatic rings. The highest BCUT2D eigenvalue weighted by Crippen LogP contribution is 2.35. The molecule has 1 aromatic heterocycles. The number of amides is 2. The number of aliphatic carboxylic acids is 2. The molecule has 246 valence electrons. The number of rotatable bonds is 9. The SMILES string of the molecule is O=C(O)CCC(=O)O.O=C(O)N[C@H]1CCCC[C@@H]1n1cnc(C(=O)N2CCNC[C@H]2Cc2cc(F)cc(F)c2)c1-c1ccccc1. The fraction of sp³-hybridized carbons (Fsp3) is 0.406. The lowest BCUT2D eigenvalue weighted by Gasteiger charge is -2.36. The molecular weight excluding hydrogens is 604 g/mol. The number of hydrogen-bond acceptors (Lipinski definition) is 6. The lowest BCUT2D eigenvalue weighted by Crippen LogP contribution is -2.54. The number of carboxylic acid groups (broad SMARTS) is 3. The van der Waals surface area contributed by atoms with Gasteiger partial charge in [-0.2, -0.15) is 0 Å². The first-order valence-electron chi connectivity index (χ1n) is 15.1. The monoisotopic (exact) mass is 641 g/mol. The van der Waals surface area contributed by atoms with Crippen LogP contribution in [-0.4, -0.2) is 85.4 Å². The van der Waals surface area contributed by atoms with Gasteiger partial charge in [-0.3, -0.25) is 14.4 Å². The summed E-state index contributed by atoms with van der Waals surface area (Å²) in [5.41, 5.74) is 2.22. The standard InChI is InChI=1S/C28H31F2N5O3.C4H6O4/c29-20-12-18(13-21(30)15-20)14-22-16-31-10-11-34(22)27(36)25-26(19-6-2-1-3-7-19)35(17-32-25)24-9-5-4-8-23(24)33-28(37)38;5-3(6)1-2-4(7)8/h1-3,6-7,12-13,15,17,22-24,31,33H,4-5,8-11,14,16H2,(H,37,38);1-2H2,(H,5,6)(H,7,8)/t22-,23+,24+;/m1./s1. The van der Waals surface area contributed by atoms with Crippen LogP contribution in [0.2, 0.25) is 0 Å². The molecule has 5 N–H and O–H groups in total. The van der Waals surface area contributed by atoms with Gasteiger partial charge in [-0.25, -0.2) is 18.6 Å². The van der Waals surface area contributed by atoms with Gasteiger partial charge in [-0.05, 0) is 37.0 Å². The van der Waals surface area contributed by atoms with Crippen LogP contribution in [0.25, 0.3) is 11.3 Å². The van der Waals surface area contributed by atoms with E-state index in [1.54, 1.807) is 11.2 Å². The Labute approximate surface area is 264 Å². The summed E-state index contributed by atoms with van der Waals surface area (Å²) < 4.78 is 29.6. The minimum absolute atomic E-state index is 0.182. The molecular formula is C32H37F2N5O7. The second kappa shape index (κ2) is 15.9. The summed E-state index contributed by atoms with van der Waals surface area (Å²) in [4.78, 5) is 51.1. The highest BCUT2D eigenvalue weighted by Gasteiger charge is 2.35. The summed E-state index contributed by atoms with van der Waals surface area (Å²) in [5.74, 6) is -3.71. The Balaban J connectivity index is 0.000000533. The Bertz CT molecular complexity index is 1500. The zero-order valence-corrected chi connectivity index (χ0v) is 25.1. The second-order valence-corrected chi connectivity index (χ2v) is 11.2. The van der Waals surface area contributed by atoms with Crippen LogP contribution in [0, 0.1) is 11.6 Å². The van der Waals surface area contributed by atoms with Gasteiger partial charge in [0.15, 0.2) is 5.69 Å². The van der Waals surface area contributed by atoms with Crippen molar-refractivity contribution in [2.24, 2.45) is 0 Å². The molecule has 1 aliphatic carbocycles. The van der Waals surface area contributed by atoms with Crippen LogP contribution < -0.4 is 10.6 Å². The molecule has 12 nitrogen and oxygen atoms in total. The van der Waals surface area contributed by atoms with Gasteiger partial charge >= 0.3 is 18.0 Å². The topological polar surface area (TPSA) is 174 Å². The minimum Gasteiger partial charge on any atom is -0.481 e. The van der Waals surface area contributed by atoms with E-state index < -0.39 is 29.7 Å². The number of halogens is 2. The van der Waals surface area contributed by atoms with Gasteiger partial charge in [0.25, 0.3) is 5.91 Å². The Morgan fingerprint density at radius 2 is 1.59 bits per heavy atom. The van der Waals surface area contributed by atoms with E-state index in [0.717, 1.165) is 30.9 Å². The molecule has 14 heteroatoms. The highest BCUT2D eigenvalue weighted by molar-refractivity contribution is 5.98. The van der Waals surface area contributed by atoms with E-state index in [1.165, 1.54) is 12.1 Å². The predicted molar refractivity (Wildman–Crippen MR) is 162 cm³/mol. The third-order valence-corrected chi connectivity index (χ3v) is 8.00. The Morgan fingerprint density at radius 3 is 2.22 bits per heavy atom. The number of carbonyl (C=O) groups excluding carboxylic acids is 1. The molecule has 1 saturated heterocycles. The fourth-order valence-electron chi connectivity index (χ4n) is 5.98. The zero-order chi connectivity index (χ0) is 33.2. The maximum atomic E-state index is 14.0. The van der Waals surface area contributed by atoms with E-state index in [1.807, 2.05) is 34.9 Å². The molecule has 0 unspecified atom stereocenters. The first-order valence-corrected chi connectivity index (χ1v) is 15.1. The molecule has 2 aliphatic rings. The quantitative estimate of drug-likeness (QED) is 0.230. The van der Waals surface area contributed by atoms with Gasteiger partial charge in [-0.1, -0.05) is 43.2 Å². The smallest absolute Gasteiger partial charge is 0.404 e. The van der Waals surface area contributed by atoms with Crippen molar-refractivity contribution in [3.63, 3.8) is 0 Å². The molecule has 2 aromatic carbocycles. The molecule has 2 amide bonds. The third-order valence-electron chi connectivity index (χ3n) is 8.00. The van der Waals surface area contributed by atoms with Crippen LogP contribution in [0.15, 0.2) is 54.9 Å². The number of nitrogens with one attached hydrogen (secondary N) is 2. The lowest BCUT2D eigenvalue weighted by atomic mass is 9.89. The summed E-state index contributed by atoms with van der Waals surface area (Å²) in [7, 11) is 0. The van der Waals surface area contributed by atoms with Crippen LogP contribution in [0.1, 0.15) is 60.6 Å². The fourth-order valence-corrected chi connectivity index (χ4v) is 5.98. The van der Waals surface area contributed by atoms with E-state index in [-0.39, 0.29) is 42.6 Å². The van der Waals surface area contributed by atoms with E-state index in [0.29, 0.717) is 43.7 Å². The number of carboxylic acids is 2. The Hall–Kier alpha value is -4.85. The van der Waals surface area contributed by atoms with Gasteiger partial charge in [0.1, 0.15) is 11.6 Å². The predicted octanol–water partition coefficient (Wildman–Crippen LogP) is 4.17. The number of nitrogens with zero attached hydrogens (tertiary/aromatic N) is 3. The van der Waals surface area contributed by atoms with Crippen molar-refractivity contribution in [2.45, 2.75) is 63.1 Å². The van der Waals surface area contributed by atoms with Crippen LogP contribution >= 0.6 is 0 Å². The van der Waals surface area contributed by atoms with Crippen molar-refractivity contribution in [3.8, 4) is 11.3 Å². The molecule has 5 rings (SSSR count). The van der Waals surface area contributed by atoms with Crippen LogP contribution in [0.3, 0.4) is 0 Å². The number of piperazine rings is 1. The highest BCUT2D eigenvalue weighted by atomic mass is 19.1. The van der Waals surface area contributed by atoms with Crippen molar-refractivity contribution in [1.29, 1.82) is 0 Å².